The van der Waals surface area contributed by atoms with E-state index in [-0.39, 0.29) is 59.7 Å². The fourth-order valence-corrected chi connectivity index (χ4v) is 8.10. The normalized spacial score (nSPS) is 23.3. The van der Waals surface area contributed by atoms with Gasteiger partial charge in [0, 0.05) is 12.2 Å². The molecule has 0 spiro atoms. The Morgan fingerprint density at radius 2 is 1.04 bits per heavy atom. The maximum atomic E-state index is 13.6. The van der Waals surface area contributed by atoms with Crippen molar-refractivity contribution in [1.29, 1.82) is 0 Å². The standard InChI is InChI=1S/C20H22Cl3F3O2.C10H4Cl3F3O2.C10H20O/c1-10(2)13-5-4-11(3)6-17(13)28-18(27)9-14(20(24,25)26)12-7-15(21)19(23)16(22)8-12;11-6-1-4(2-7(12)9(6)13)5(3-8(17)18)10(14,15)16;1-7(2)9-5-4-8(3)6-10(9)11/h7-11,13,17H,4-6H2,1-3H3;1-3H,(H,17,18);7-11H,4-6H2,1-3H3/b14-9+;5-3+;/t11-,13+,17-;;8-,9+,10-/m1.1/s1. The first-order valence-electron chi connectivity index (χ1n) is 18.1. The lowest BCUT2D eigenvalue weighted by atomic mass is 9.75. The third kappa shape index (κ3) is 15.9. The molecule has 320 valence electrons. The van der Waals surface area contributed by atoms with E-state index in [9.17, 15) is 41.0 Å². The van der Waals surface area contributed by atoms with Crippen LogP contribution in [0.15, 0.2) is 36.4 Å². The predicted molar refractivity (Wildman–Crippen MR) is 217 cm³/mol. The molecule has 2 aromatic carbocycles. The number of benzene rings is 2. The summed E-state index contributed by atoms with van der Waals surface area (Å²) < 4.78 is 84.2. The van der Waals surface area contributed by atoms with Crippen LogP contribution < -0.4 is 0 Å². The highest BCUT2D eigenvalue weighted by Gasteiger charge is 2.38. The van der Waals surface area contributed by atoms with Crippen LogP contribution in [0.5, 0.6) is 0 Å². The van der Waals surface area contributed by atoms with Gasteiger partial charge in [-0.15, -0.1) is 0 Å². The molecule has 5 nitrogen and oxygen atoms in total. The second-order valence-electron chi connectivity index (χ2n) is 15.2. The van der Waals surface area contributed by atoms with E-state index in [0.29, 0.717) is 30.3 Å². The molecule has 2 aliphatic rings. The molecule has 17 heteroatoms. The average Bonchev–Trinajstić information content (AvgIpc) is 3.06. The molecule has 57 heavy (non-hydrogen) atoms. The van der Waals surface area contributed by atoms with Crippen molar-refractivity contribution >= 4 is 92.7 Å². The minimum Gasteiger partial charge on any atom is -0.478 e. The Labute approximate surface area is 359 Å². The van der Waals surface area contributed by atoms with Crippen LogP contribution in [0, 0.1) is 35.5 Å². The van der Waals surface area contributed by atoms with Crippen molar-refractivity contribution in [3.05, 3.63) is 77.7 Å². The van der Waals surface area contributed by atoms with Gasteiger partial charge in [-0.25, -0.2) is 9.59 Å². The van der Waals surface area contributed by atoms with Crippen molar-refractivity contribution in [3.63, 3.8) is 0 Å². The number of esters is 1. The molecular weight excluding hydrogens is 887 g/mol. The minimum atomic E-state index is -4.85. The van der Waals surface area contributed by atoms with Gasteiger partial charge in [0.1, 0.15) is 6.10 Å². The summed E-state index contributed by atoms with van der Waals surface area (Å²) in [5, 5.41) is 17.3. The predicted octanol–water partition coefficient (Wildman–Crippen LogP) is 14.7. The monoisotopic (exact) mass is 930 g/mol. The van der Waals surface area contributed by atoms with Crippen LogP contribution in [0.3, 0.4) is 0 Å². The molecule has 4 rings (SSSR count). The Morgan fingerprint density at radius 1 is 0.667 bits per heavy atom. The van der Waals surface area contributed by atoms with E-state index in [2.05, 4.69) is 20.8 Å². The highest BCUT2D eigenvalue weighted by Crippen LogP contribution is 2.42. The van der Waals surface area contributed by atoms with Crippen molar-refractivity contribution in [2.75, 3.05) is 0 Å². The van der Waals surface area contributed by atoms with Crippen molar-refractivity contribution in [1.82, 2.24) is 0 Å². The summed E-state index contributed by atoms with van der Waals surface area (Å²) in [6.07, 6.45) is -3.49. The maximum absolute atomic E-state index is 13.6. The summed E-state index contributed by atoms with van der Waals surface area (Å²) in [5.41, 5.74) is -3.36. The molecule has 0 unspecified atom stereocenters. The van der Waals surface area contributed by atoms with Gasteiger partial charge in [-0.2, -0.15) is 26.3 Å². The van der Waals surface area contributed by atoms with Gasteiger partial charge in [-0.05, 0) is 96.6 Å². The number of hydrogen-bond acceptors (Lipinski definition) is 4. The number of hydrogen-bond donors (Lipinski definition) is 2. The van der Waals surface area contributed by atoms with E-state index in [1.165, 1.54) is 12.8 Å². The SMILES string of the molecule is CC(C)[C@@H]1CC[C@@H](C)C[C@H]1O.CC(C)[C@@H]1CC[C@@H](C)C[C@H]1OC(=O)/C=C(\c1cc(Cl)c(Cl)c(Cl)c1)C(F)(F)F.O=C(O)/C=C(\c1cc(Cl)c(Cl)c(Cl)c1)C(F)(F)F. The summed E-state index contributed by atoms with van der Waals surface area (Å²) in [6, 6.07) is 3.86. The molecule has 0 aliphatic heterocycles. The molecule has 0 radical (unpaired) electrons. The molecule has 0 bridgehead atoms. The van der Waals surface area contributed by atoms with Gasteiger partial charge in [0.25, 0.3) is 0 Å². The molecular formula is C40H46Cl6F6O5. The van der Waals surface area contributed by atoms with Crippen molar-refractivity contribution < 1.29 is 50.9 Å². The van der Waals surface area contributed by atoms with Crippen LogP contribution in [-0.4, -0.2) is 46.7 Å². The van der Waals surface area contributed by atoms with Gasteiger partial charge < -0.3 is 14.9 Å². The van der Waals surface area contributed by atoms with Crippen molar-refractivity contribution in [2.45, 2.75) is 105 Å². The molecule has 2 N–H and O–H groups in total. The lowest BCUT2D eigenvalue weighted by molar-refractivity contribution is -0.150. The number of aliphatic hydroxyl groups is 1. The number of aliphatic hydroxyl groups excluding tert-OH is 1. The topological polar surface area (TPSA) is 83.8 Å². The molecule has 0 saturated heterocycles. The van der Waals surface area contributed by atoms with E-state index in [1.807, 2.05) is 20.8 Å². The molecule has 2 aliphatic carbocycles. The highest BCUT2D eigenvalue weighted by molar-refractivity contribution is 6.48. The van der Waals surface area contributed by atoms with Crippen molar-refractivity contribution in [2.24, 2.45) is 35.5 Å². The number of rotatable bonds is 7. The number of carboxylic acid groups (broad SMARTS) is 1. The van der Waals surface area contributed by atoms with Crippen LogP contribution in [0.1, 0.15) is 91.2 Å². The van der Waals surface area contributed by atoms with Gasteiger partial charge in [0.15, 0.2) is 0 Å². The fourth-order valence-electron chi connectivity index (χ4n) is 6.91. The molecule has 2 saturated carbocycles. The zero-order valence-electron chi connectivity index (χ0n) is 32.0. The Kier molecular flexibility index (Phi) is 19.9. The molecule has 2 fully saturated rings. The quantitative estimate of drug-likeness (QED) is 0.125. The first-order chi connectivity index (χ1) is 26.1. The summed E-state index contributed by atoms with van der Waals surface area (Å²) in [7, 11) is 0. The number of alkyl halides is 6. The zero-order valence-corrected chi connectivity index (χ0v) is 36.5. The van der Waals surface area contributed by atoms with Gasteiger partial charge in [0.05, 0.1) is 47.4 Å². The van der Waals surface area contributed by atoms with Crippen LogP contribution in [-0.2, 0) is 14.3 Å². The highest BCUT2D eigenvalue weighted by atomic mass is 35.5. The average molecular weight is 934 g/mol. The number of carbonyl (C=O) groups is 2. The number of ether oxygens (including phenoxy) is 1. The van der Waals surface area contributed by atoms with Gasteiger partial charge in [0.2, 0.25) is 0 Å². The fraction of sp³-hybridized carbons (Fsp3) is 0.550. The summed E-state index contributed by atoms with van der Waals surface area (Å²) in [5.74, 6) is -0.0622. The molecule has 0 heterocycles. The molecule has 0 aromatic heterocycles. The van der Waals surface area contributed by atoms with E-state index >= 15 is 0 Å². The Balaban J connectivity index is 0.000000329. The third-order valence-electron chi connectivity index (χ3n) is 9.95. The van der Waals surface area contributed by atoms with Gasteiger partial charge in [-0.1, -0.05) is 124 Å². The van der Waals surface area contributed by atoms with E-state index in [4.69, 9.17) is 79.4 Å². The molecule has 6 atom stereocenters. The van der Waals surface area contributed by atoms with E-state index in [0.717, 1.165) is 49.4 Å². The Bertz CT molecular complexity index is 1710. The Morgan fingerprint density at radius 3 is 1.39 bits per heavy atom. The van der Waals surface area contributed by atoms with Gasteiger partial charge >= 0.3 is 24.3 Å². The summed E-state index contributed by atoms with van der Waals surface area (Å²) >= 11 is 34.3. The van der Waals surface area contributed by atoms with Crippen LogP contribution in [0.2, 0.25) is 30.1 Å². The zero-order chi connectivity index (χ0) is 43.7. The number of halogens is 12. The maximum Gasteiger partial charge on any atom is 0.417 e. The number of carboxylic acids is 1. The van der Waals surface area contributed by atoms with Crippen LogP contribution in [0.4, 0.5) is 26.3 Å². The third-order valence-corrected chi connectivity index (χ3v) is 12.3. The Hall–Kier alpha value is -1.86. The smallest absolute Gasteiger partial charge is 0.417 e. The molecule has 0 amide bonds. The van der Waals surface area contributed by atoms with Crippen LogP contribution in [0.25, 0.3) is 11.1 Å². The number of aliphatic carboxylic acids is 1. The van der Waals surface area contributed by atoms with E-state index < -0.39 is 47.1 Å². The largest absolute Gasteiger partial charge is 0.478 e. The second kappa shape index (κ2) is 22.1. The van der Waals surface area contributed by atoms with Crippen molar-refractivity contribution in [3.8, 4) is 0 Å². The first-order valence-corrected chi connectivity index (χ1v) is 20.4. The lowest BCUT2D eigenvalue weighted by Crippen LogP contribution is -2.35. The molecule has 2 aromatic rings. The first kappa shape index (κ1) is 51.3. The van der Waals surface area contributed by atoms with Crippen LogP contribution >= 0.6 is 69.6 Å². The summed E-state index contributed by atoms with van der Waals surface area (Å²) in [4.78, 5) is 22.8. The second-order valence-corrected chi connectivity index (χ2v) is 17.5. The minimum absolute atomic E-state index is 0.0289. The van der Waals surface area contributed by atoms with E-state index in [1.54, 1.807) is 0 Å². The number of carbonyl (C=O) groups excluding carboxylic acids is 1. The lowest BCUT2D eigenvalue weighted by Gasteiger charge is -2.36. The number of allylic oxidation sites excluding steroid dienone is 2. The summed E-state index contributed by atoms with van der Waals surface area (Å²) in [6.45, 7) is 12.8. The van der Waals surface area contributed by atoms with Gasteiger partial charge in [-0.3, -0.25) is 0 Å².